The van der Waals surface area contributed by atoms with E-state index in [1.54, 1.807) is 24.3 Å². The second kappa shape index (κ2) is 7.22. The van der Waals surface area contributed by atoms with Crippen LogP contribution in [0.2, 0.25) is 5.02 Å². The number of rotatable bonds is 6. The van der Waals surface area contributed by atoms with Gasteiger partial charge in [0.2, 0.25) is 0 Å². The third-order valence-electron chi connectivity index (χ3n) is 2.67. The van der Waals surface area contributed by atoms with Crippen molar-refractivity contribution in [3.63, 3.8) is 0 Å². The highest BCUT2D eigenvalue weighted by Gasteiger charge is 2.15. The van der Waals surface area contributed by atoms with E-state index < -0.39 is 0 Å². The fraction of sp³-hybridized carbons (Fsp3) is 0.333. The molecule has 0 heterocycles. The van der Waals surface area contributed by atoms with Crippen LogP contribution in [0, 0.1) is 0 Å². The van der Waals surface area contributed by atoms with E-state index in [4.69, 9.17) is 11.6 Å². The molecule has 0 radical (unpaired) electrons. The van der Waals surface area contributed by atoms with Crippen molar-refractivity contribution in [3.05, 3.63) is 40.4 Å². The van der Waals surface area contributed by atoms with Crippen LogP contribution in [0.3, 0.4) is 0 Å². The molecule has 0 saturated heterocycles. The summed E-state index contributed by atoms with van der Waals surface area (Å²) in [5.74, 6) is -0.384. The van der Waals surface area contributed by atoms with Gasteiger partial charge in [0.1, 0.15) is 0 Å². The number of allylic oxidation sites excluding steroid dienone is 1. The number of Topliss-reactive ketones (excluding diaryl/α,β-unsaturated/α-hetero) is 2. The predicted molar refractivity (Wildman–Crippen MR) is 78.3 cm³/mol. The molecular formula is C15H18ClNO2. The van der Waals surface area contributed by atoms with Crippen molar-refractivity contribution in [1.29, 1.82) is 0 Å². The monoisotopic (exact) mass is 279 g/mol. The van der Waals surface area contributed by atoms with Gasteiger partial charge in [-0.25, -0.2) is 0 Å². The van der Waals surface area contributed by atoms with E-state index in [9.17, 15) is 9.59 Å². The van der Waals surface area contributed by atoms with Crippen LogP contribution in [0.5, 0.6) is 0 Å². The normalized spacial score (nSPS) is 11.7. The molecule has 4 heteroatoms. The molecule has 19 heavy (non-hydrogen) atoms. The maximum atomic E-state index is 12.0. The van der Waals surface area contributed by atoms with Crippen LogP contribution in [-0.2, 0) is 9.59 Å². The van der Waals surface area contributed by atoms with Gasteiger partial charge in [0.05, 0.1) is 5.57 Å². The number of nitrogens with zero attached hydrogens (tertiary/aromatic N) is 1. The highest BCUT2D eigenvalue weighted by molar-refractivity contribution is 6.32. The van der Waals surface area contributed by atoms with E-state index in [2.05, 4.69) is 0 Å². The second-order valence-corrected chi connectivity index (χ2v) is 5.02. The summed E-state index contributed by atoms with van der Waals surface area (Å²) in [6, 6.07) is 7.14. The average molecular weight is 280 g/mol. The highest BCUT2D eigenvalue weighted by atomic mass is 35.5. The molecule has 0 spiro atoms. The first-order chi connectivity index (χ1) is 8.91. The summed E-state index contributed by atoms with van der Waals surface area (Å²) in [6.07, 6.45) is 1.89. The van der Waals surface area contributed by atoms with E-state index in [1.165, 1.54) is 6.92 Å². The Labute approximate surface area is 118 Å². The molecule has 3 nitrogen and oxygen atoms in total. The smallest absolute Gasteiger partial charge is 0.167 e. The summed E-state index contributed by atoms with van der Waals surface area (Å²) >= 11 is 6.03. The molecule has 0 N–H and O–H groups in total. The van der Waals surface area contributed by atoms with Crippen LogP contribution in [0.15, 0.2) is 29.8 Å². The summed E-state index contributed by atoms with van der Waals surface area (Å²) < 4.78 is 0. The summed E-state index contributed by atoms with van der Waals surface area (Å²) in [4.78, 5) is 25.6. The zero-order valence-corrected chi connectivity index (χ0v) is 12.2. The number of carbonyl (C=O) groups excluding carboxylic acids is 2. The van der Waals surface area contributed by atoms with Gasteiger partial charge >= 0.3 is 0 Å². The Morgan fingerprint density at radius 2 is 1.89 bits per heavy atom. The minimum absolute atomic E-state index is 0.152. The van der Waals surface area contributed by atoms with E-state index >= 15 is 0 Å². The van der Waals surface area contributed by atoms with E-state index in [0.29, 0.717) is 23.6 Å². The lowest BCUT2D eigenvalue weighted by Gasteiger charge is -2.09. The highest BCUT2D eigenvalue weighted by Crippen LogP contribution is 2.19. The zero-order valence-electron chi connectivity index (χ0n) is 11.4. The number of ketones is 2. The van der Waals surface area contributed by atoms with Gasteiger partial charge in [-0.3, -0.25) is 9.59 Å². The largest absolute Gasteiger partial charge is 0.309 e. The molecule has 0 atom stereocenters. The first kappa shape index (κ1) is 15.6. The molecule has 0 saturated carbocycles. The van der Waals surface area contributed by atoms with Gasteiger partial charge in [-0.15, -0.1) is 0 Å². The summed E-state index contributed by atoms with van der Waals surface area (Å²) in [5.41, 5.74) is 0.891. The van der Waals surface area contributed by atoms with Crippen molar-refractivity contribution in [3.8, 4) is 0 Å². The van der Waals surface area contributed by atoms with Crippen molar-refractivity contribution in [2.24, 2.45) is 0 Å². The van der Waals surface area contributed by atoms with Gasteiger partial charge in [0, 0.05) is 18.0 Å². The van der Waals surface area contributed by atoms with Crippen molar-refractivity contribution in [1.82, 2.24) is 4.90 Å². The molecule has 0 aliphatic rings. The van der Waals surface area contributed by atoms with Crippen molar-refractivity contribution in [2.45, 2.75) is 13.3 Å². The Kier molecular flexibility index (Phi) is 5.93. The molecule has 1 rings (SSSR count). The third-order valence-corrected chi connectivity index (χ3v) is 3.02. The second-order valence-electron chi connectivity index (χ2n) is 4.61. The molecular weight excluding hydrogens is 262 g/mol. The maximum absolute atomic E-state index is 12.0. The van der Waals surface area contributed by atoms with Crippen molar-refractivity contribution in [2.75, 3.05) is 20.6 Å². The molecule has 0 aliphatic heterocycles. The predicted octanol–water partition coefficient (Wildman–Crippen LogP) is 2.83. The number of carbonyl (C=O) groups is 2. The number of benzene rings is 1. The molecule has 0 fully saturated rings. The van der Waals surface area contributed by atoms with Crippen molar-refractivity contribution >= 4 is 29.2 Å². The van der Waals surface area contributed by atoms with Crippen LogP contribution in [0.25, 0.3) is 6.08 Å². The first-order valence-electron chi connectivity index (χ1n) is 6.07. The standard InChI is InChI=1S/C15H18ClNO2/c1-11(18)13(15(19)8-9-17(2)3)10-12-6-4-5-7-14(12)16/h4-7,10H,8-9H2,1-3H3/b13-10+. The quantitative estimate of drug-likeness (QED) is 0.456. The number of hydrogen-bond acceptors (Lipinski definition) is 3. The lowest BCUT2D eigenvalue weighted by molar-refractivity contribution is -0.120. The lowest BCUT2D eigenvalue weighted by Crippen LogP contribution is -2.19. The molecule has 0 bridgehead atoms. The molecule has 0 aromatic heterocycles. The summed E-state index contributed by atoms with van der Waals surface area (Å²) in [5, 5.41) is 0.529. The Hall–Kier alpha value is -1.45. The fourth-order valence-corrected chi connectivity index (χ4v) is 1.78. The lowest BCUT2D eigenvalue weighted by atomic mass is 10.0. The number of halogens is 1. The number of hydrogen-bond donors (Lipinski definition) is 0. The van der Waals surface area contributed by atoms with E-state index in [1.807, 2.05) is 25.1 Å². The van der Waals surface area contributed by atoms with Gasteiger partial charge in [0.25, 0.3) is 0 Å². The molecule has 1 aromatic rings. The maximum Gasteiger partial charge on any atom is 0.167 e. The van der Waals surface area contributed by atoms with Crippen LogP contribution in [0.4, 0.5) is 0 Å². The van der Waals surface area contributed by atoms with Crippen LogP contribution in [-0.4, -0.2) is 37.1 Å². The third kappa shape index (κ3) is 4.97. The molecule has 0 unspecified atom stereocenters. The SMILES string of the molecule is CC(=O)/C(=C\c1ccccc1Cl)C(=O)CCN(C)C. The Balaban J connectivity index is 2.98. The fourth-order valence-electron chi connectivity index (χ4n) is 1.59. The summed E-state index contributed by atoms with van der Waals surface area (Å²) in [7, 11) is 3.77. The van der Waals surface area contributed by atoms with Crippen molar-refractivity contribution < 1.29 is 9.59 Å². The van der Waals surface area contributed by atoms with Crippen LogP contribution >= 0.6 is 11.6 Å². The average Bonchev–Trinajstić information content (AvgIpc) is 2.34. The van der Waals surface area contributed by atoms with E-state index in [0.717, 1.165) is 0 Å². The minimum Gasteiger partial charge on any atom is -0.309 e. The Morgan fingerprint density at radius 1 is 1.26 bits per heavy atom. The van der Waals surface area contributed by atoms with Crippen LogP contribution < -0.4 is 0 Å². The first-order valence-corrected chi connectivity index (χ1v) is 6.44. The topological polar surface area (TPSA) is 37.4 Å². The Bertz CT molecular complexity index is 507. The van der Waals surface area contributed by atoms with Gasteiger partial charge in [-0.05, 0) is 38.7 Å². The van der Waals surface area contributed by atoms with Gasteiger partial charge in [0.15, 0.2) is 11.6 Å². The molecule has 102 valence electrons. The zero-order chi connectivity index (χ0) is 14.4. The van der Waals surface area contributed by atoms with Gasteiger partial charge in [-0.1, -0.05) is 29.8 Å². The summed E-state index contributed by atoms with van der Waals surface area (Å²) in [6.45, 7) is 2.02. The van der Waals surface area contributed by atoms with Crippen LogP contribution in [0.1, 0.15) is 18.9 Å². The minimum atomic E-state index is -0.233. The van der Waals surface area contributed by atoms with Gasteiger partial charge < -0.3 is 4.90 Å². The molecule has 1 aromatic carbocycles. The molecule has 0 amide bonds. The van der Waals surface area contributed by atoms with Gasteiger partial charge in [-0.2, -0.15) is 0 Å². The Morgan fingerprint density at radius 3 is 2.42 bits per heavy atom. The molecule has 0 aliphatic carbocycles. The van der Waals surface area contributed by atoms with E-state index in [-0.39, 0.29) is 17.1 Å².